The summed E-state index contributed by atoms with van der Waals surface area (Å²) in [5, 5.41) is 4.47. The van der Waals surface area contributed by atoms with Crippen molar-refractivity contribution in [3.63, 3.8) is 0 Å². The average molecular weight is 413 g/mol. The second-order valence-electron chi connectivity index (χ2n) is 5.99. The van der Waals surface area contributed by atoms with Gasteiger partial charge in [0.05, 0.1) is 0 Å². The molecule has 0 aliphatic heterocycles. The molecule has 0 saturated heterocycles. The molecule has 2 heterocycles. The van der Waals surface area contributed by atoms with Crippen LogP contribution >= 0.6 is 11.3 Å². The Morgan fingerprint density at radius 2 is 1.93 bits per heavy atom. The fourth-order valence-electron chi connectivity index (χ4n) is 2.67. The van der Waals surface area contributed by atoms with E-state index in [1.165, 1.54) is 12.1 Å². The van der Waals surface area contributed by atoms with E-state index in [-0.39, 0.29) is 10.1 Å². The summed E-state index contributed by atoms with van der Waals surface area (Å²) >= 11 is 1.12. The van der Waals surface area contributed by atoms with Gasteiger partial charge in [0.25, 0.3) is 15.9 Å². The van der Waals surface area contributed by atoms with Crippen LogP contribution in [0.5, 0.6) is 0 Å². The molecular formula is C19H15N3O4S2. The van der Waals surface area contributed by atoms with Crippen LogP contribution in [0.2, 0.25) is 0 Å². The molecule has 7 nitrogen and oxygen atoms in total. The van der Waals surface area contributed by atoms with Crippen LogP contribution in [0, 0.1) is 6.92 Å². The molecule has 1 amide bonds. The van der Waals surface area contributed by atoms with Gasteiger partial charge in [-0.2, -0.15) is 0 Å². The minimum Gasteiger partial charge on any atom is -0.441 e. The van der Waals surface area contributed by atoms with Gasteiger partial charge in [-0.3, -0.25) is 9.52 Å². The third-order valence-corrected chi connectivity index (χ3v) is 6.67. The molecule has 0 spiro atoms. The summed E-state index contributed by atoms with van der Waals surface area (Å²) < 4.78 is 32.8. The molecule has 0 atom stereocenters. The summed E-state index contributed by atoms with van der Waals surface area (Å²) in [6, 6.07) is 14.6. The molecule has 2 aromatic heterocycles. The van der Waals surface area contributed by atoms with Gasteiger partial charge in [0.1, 0.15) is 9.73 Å². The maximum absolute atomic E-state index is 12.6. The standard InChI is InChI=1S/C19H15N3O4S2/c1-12-20-16-11-14(7-8-17(16)26-12)21-19(23)13-4-2-5-15(10-13)22-28(24,25)18-6-3-9-27-18/h2-11,22H,1H3,(H,21,23). The summed E-state index contributed by atoms with van der Waals surface area (Å²) in [4.78, 5) is 16.8. The normalized spacial score (nSPS) is 11.5. The van der Waals surface area contributed by atoms with Crippen molar-refractivity contribution < 1.29 is 17.6 Å². The first kappa shape index (κ1) is 18.2. The van der Waals surface area contributed by atoms with Crippen molar-refractivity contribution in [3.05, 3.63) is 71.4 Å². The van der Waals surface area contributed by atoms with Crippen molar-refractivity contribution in [2.45, 2.75) is 11.1 Å². The second kappa shape index (κ2) is 7.10. The Bertz CT molecular complexity index is 1260. The van der Waals surface area contributed by atoms with E-state index in [4.69, 9.17) is 4.42 Å². The van der Waals surface area contributed by atoms with E-state index >= 15 is 0 Å². The molecule has 28 heavy (non-hydrogen) atoms. The molecule has 0 radical (unpaired) electrons. The second-order valence-corrected chi connectivity index (χ2v) is 8.84. The van der Waals surface area contributed by atoms with Gasteiger partial charge in [0.15, 0.2) is 11.5 Å². The van der Waals surface area contributed by atoms with Gasteiger partial charge in [0, 0.05) is 23.9 Å². The lowest BCUT2D eigenvalue weighted by Crippen LogP contribution is -2.14. The van der Waals surface area contributed by atoms with Crippen LogP contribution < -0.4 is 10.0 Å². The fraction of sp³-hybridized carbons (Fsp3) is 0.0526. The molecule has 0 saturated carbocycles. The minimum atomic E-state index is -3.68. The van der Waals surface area contributed by atoms with Crippen molar-refractivity contribution in [1.82, 2.24) is 4.98 Å². The summed E-state index contributed by atoms with van der Waals surface area (Å²) in [7, 11) is -3.68. The number of fused-ring (bicyclic) bond motifs is 1. The predicted molar refractivity (Wildman–Crippen MR) is 108 cm³/mol. The zero-order valence-corrected chi connectivity index (χ0v) is 16.3. The van der Waals surface area contributed by atoms with E-state index in [0.29, 0.717) is 33.9 Å². The maximum Gasteiger partial charge on any atom is 0.271 e. The molecule has 0 bridgehead atoms. The number of nitrogens with one attached hydrogen (secondary N) is 2. The molecule has 4 rings (SSSR count). The number of carbonyl (C=O) groups is 1. The van der Waals surface area contributed by atoms with Crippen molar-refractivity contribution in [3.8, 4) is 0 Å². The number of aromatic nitrogens is 1. The zero-order chi connectivity index (χ0) is 19.7. The predicted octanol–water partition coefficient (Wildman–Crippen LogP) is 4.25. The van der Waals surface area contributed by atoms with E-state index in [9.17, 15) is 13.2 Å². The van der Waals surface area contributed by atoms with Crippen LogP contribution in [0.1, 0.15) is 16.2 Å². The Kier molecular flexibility index (Phi) is 4.62. The number of hydrogen-bond donors (Lipinski definition) is 2. The van der Waals surface area contributed by atoms with E-state index in [2.05, 4.69) is 15.0 Å². The summed E-state index contributed by atoms with van der Waals surface area (Å²) in [5.41, 5.74) is 2.48. The van der Waals surface area contributed by atoms with Crippen molar-refractivity contribution in [1.29, 1.82) is 0 Å². The van der Waals surface area contributed by atoms with Crippen LogP contribution in [0.15, 0.2) is 68.6 Å². The number of rotatable bonds is 5. The van der Waals surface area contributed by atoms with Crippen LogP contribution in [-0.4, -0.2) is 19.3 Å². The van der Waals surface area contributed by atoms with Gasteiger partial charge in [-0.05, 0) is 47.8 Å². The molecular weight excluding hydrogens is 398 g/mol. The number of hydrogen-bond acceptors (Lipinski definition) is 6. The fourth-order valence-corrected chi connectivity index (χ4v) is 4.71. The molecule has 0 aliphatic carbocycles. The summed E-state index contributed by atoms with van der Waals surface area (Å²) in [5.74, 6) is 0.181. The number of thiophene rings is 1. The van der Waals surface area contributed by atoms with Crippen LogP contribution in [0.4, 0.5) is 11.4 Å². The molecule has 142 valence electrons. The largest absolute Gasteiger partial charge is 0.441 e. The highest BCUT2D eigenvalue weighted by Crippen LogP contribution is 2.22. The highest BCUT2D eigenvalue weighted by molar-refractivity contribution is 7.94. The smallest absolute Gasteiger partial charge is 0.271 e. The lowest BCUT2D eigenvalue weighted by molar-refractivity contribution is 0.102. The quantitative estimate of drug-likeness (QED) is 0.509. The molecule has 9 heteroatoms. The number of benzene rings is 2. The molecule has 0 fully saturated rings. The Morgan fingerprint density at radius 1 is 1.07 bits per heavy atom. The number of anilines is 2. The third-order valence-electron chi connectivity index (χ3n) is 3.89. The highest BCUT2D eigenvalue weighted by Gasteiger charge is 2.16. The van der Waals surface area contributed by atoms with Crippen molar-refractivity contribution in [2.75, 3.05) is 10.0 Å². The number of oxazole rings is 1. The molecule has 0 aliphatic rings. The summed E-state index contributed by atoms with van der Waals surface area (Å²) in [6.07, 6.45) is 0. The molecule has 2 aromatic carbocycles. The number of amides is 1. The first-order chi connectivity index (χ1) is 13.4. The van der Waals surface area contributed by atoms with Crippen LogP contribution in [-0.2, 0) is 10.0 Å². The Balaban J connectivity index is 1.53. The number of sulfonamides is 1. The maximum atomic E-state index is 12.6. The van der Waals surface area contributed by atoms with E-state index < -0.39 is 10.0 Å². The highest BCUT2D eigenvalue weighted by atomic mass is 32.2. The van der Waals surface area contributed by atoms with Gasteiger partial charge in [0.2, 0.25) is 0 Å². The van der Waals surface area contributed by atoms with Crippen molar-refractivity contribution >= 4 is 49.7 Å². The first-order valence-corrected chi connectivity index (χ1v) is 10.6. The monoisotopic (exact) mass is 413 g/mol. The SMILES string of the molecule is Cc1nc2cc(NC(=O)c3cccc(NS(=O)(=O)c4cccs4)c3)ccc2o1. The minimum absolute atomic E-state index is 0.207. The van der Waals surface area contributed by atoms with E-state index in [1.807, 2.05) is 0 Å². The van der Waals surface area contributed by atoms with Crippen LogP contribution in [0.3, 0.4) is 0 Å². The Labute approximate surface area is 165 Å². The van der Waals surface area contributed by atoms with Gasteiger partial charge < -0.3 is 9.73 Å². The average Bonchev–Trinajstić information content (AvgIpc) is 3.30. The number of nitrogens with zero attached hydrogens (tertiary/aromatic N) is 1. The molecule has 2 N–H and O–H groups in total. The summed E-state index contributed by atoms with van der Waals surface area (Å²) in [6.45, 7) is 1.75. The van der Waals surface area contributed by atoms with Crippen LogP contribution in [0.25, 0.3) is 11.1 Å². The lowest BCUT2D eigenvalue weighted by atomic mass is 10.2. The topological polar surface area (TPSA) is 101 Å². The van der Waals surface area contributed by atoms with E-state index in [1.54, 1.807) is 54.8 Å². The van der Waals surface area contributed by atoms with Gasteiger partial charge in [-0.15, -0.1) is 11.3 Å². The van der Waals surface area contributed by atoms with Gasteiger partial charge >= 0.3 is 0 Å². The zero-order valence-electron chi connectivity index (χ0n) is 14.7. The molecule has 0 unspecified atom stereocenters. The van der Waals surface area contributed by atoms with E-state index in [0.717, 1.165) is 11.3 Å². The first-order valence-electron chi connectivity index (χ1n) is 8.26. The third kappa shape index (κ3) is 3.75. The Morgan fingerprint density at radius 3 is 2.71 bits per heavy atom. The number of aryl methyl sites for hydroxylation is 1. The number of carbonyl (C=O) groups excluding carboxylic acids is 1. The van der Waals surface area contributed by atoms with Gasteiger partial charge in [-0.1, -0.05) is 12.1 Å². The molecule has 4 aromatic rings. The van der Waals surface area contributed by atoms with Gasteiger partial charge in [-0.25, -0.2) is 13.4 Å². The lowest BCUT2D eigenvalue weighted by Gasteiger charge is -2.09. The Hall–Kier alpha value is -3.17. The van der Waals surface area contributed by atoms with Crippen molar-refractivity contribution in [2.24, 2.45) is 0 Å².